The van der Waals surface area contributed by atoms with Gasteiger partial charge in [0.1, 0.15) is 11.9 Å². The van der Waals surface area contributed by atoms with E-state index >= 15 is 0 Å². The molecule has 4 aromatic rings. The highest BCUT2D eigenvalue weighted by Crippen LogP contribution is 2.39. The maximum atomic E-state index is 14.5. The van der Waals surface area contributed by atoms with E-state index in [1.54, 1.807) is 53.1 Å². The van der Waals surface area contributed by atoms with Crippen LogP contribution in [-0.4, -0.2) is 26.5 Å². The van der Waals surface area contributed by atoms with Crippen LogP contribution >= 0.6 is 11.6 Å². The lowest BCUT2D eigenvalue weighted by atomic mass is 9.83. The molecule has 1 aliphatic carbocycles. The minimum absolute atomic E-state index is 0.0216. The number of carbonyl (C=O) groups excluding carboxylic acids is 1. The van der Waals surface area contributed by atoms with Gasteiger partial charge in [-0.2, -0.15) is 0 Å². The third-order valence-electron chi connectivity index (χ3n) is 7.33. The number of nitrogens with zero attached hydrogens (tertiary/aromatic N) is 2. The third kappa shape index (κ3) is 5.96. The Bertz CT molecular complexity index is 1500. The molecule has 0 spiro atoms. The molecule has 1 aromatic heterocycles. The normalized spacial score (nSPS) is 14.8. The number of aryl methyl sites for hydroxylation is 1. The van der Waals surface area contributed by atoms with Crippen LogP contribution in [0.4, 0.5) is 14.5 Å². The number of amides is 1. The highest BCUT2D eigenvalue weighted by atomic mass is 35.5. The van der Waals surface area contributed by atoms with E-state index < -0.39 is 23.6 Å². The van der Waals surface area contributed by atoms with Crippen molar-refractivity contribution in [2.75, 3.05) is 5.32 Å². The fraction of sp³-hybridized carbons (Fsp3) is 0.300. The quantitative estimate of drug-likeness (QED) is 0.239. The first kappa shape index (κ1) is 26.8. The number of fused-ring (bicyclic) bond motifs is 1. The molecule has 202 valence electrons. The number of anilines is 1. The van der Waals surface area contributed by atoms with Crippen LogP contribution in [0.2, 0.25) is 5.02 Å². The van der Waals surface area contributed by atoms with Crippen molar-refractivity contribution in [3.63, 3.8) is 0 Å². The summed E-state index contributed by atoms with van der Waals surface area (Å²) in [4.78, 5) is 29.6. The van der Waals surface area contributed by atoms with Gasteiger partial charge >= 0.3 is 5.97 Å². The second-order valence-corrected chi connectivity index (χ2v) is 10.4. The molecule has 1 amide bonds. The van der Waals surface area contributed by atoms with Crippen molar-refractivity contribution in [3.05, 3.63) is 82.9 Å². The Labute approximate surface area is 229 Å². The average molecular weight is 552 g/mol. The molecule has 9 heteroatoms. The number of hydrogen-bond donors (Lipinski definition) is 2. The summed E-state index contributed by atoms with van der Waals surface area (Å²) in [6.07, 6.45) is 5.06. The summed E-state index contributed by atoms with van der Waals surface area (Å²) in [5.74, 6) is -2.77. The monoisotopic (exact) mass is 551 g/mol. The van der Waals surface area contributed by atoms with Crippen molar-refractivity contribution < 1.29 is 23.5 Å². The van der Waals surface area contributed by atoms with Gasteiger partial charge in [-0.05, 0) is 67.1 Å². The van der Waals surface area contributed by atoms with Crippen LogP contribution in [0.3, 0.4) is 0 Å². The maximum absolute atomic E-state index is 14.5. The molecule has 0 saturated heterocycles. The molecular weight excluding hydrogens is 524 g/mol. The van der Waals surface area contributed by atoms with Gasteiger partial charge in [-0.15, -0.1) is 0 Å². The second-order valence-electron chi connectivity index (χ2n) is 9.99. The summed E-state index contributed by atoms with van der Waals surface area (Å²) in [7, 11) is 0. The van der Waals surface area contributed by atoms with Crippen LogP contribution in [0.5, 0.6) is 0 Å². The Morgan fingerprint density at radius 2 is 1.67 bits per heavy atom. The van der Waals surface area contributed by atoms with Crippen molar-refractivity contribution >= 4 is 40.2 Å². The third-order valence-corrected chi connectivity index (χ3v) is 7.58. The number of hydrogen-bond acceptors (Lipinski definition) is 3. The molecule has 5 rings (SSSR count). The Morgan fingerprint density at radius 3 is 2.33 bits per heavy atom. The zero-order valence-electron chi connectivity index (χ0n) is 21.2. The van der Waals surface area contributed by atoms with E-state index in [4.69, 9.17) is 16.7 Å². The topological polar surface area (TPSA) is 84.2 Å². The summed E-state index contributed by atoms with van der Waals surface area (Å²) < 4.78 is 30.5. The molecule has 0 aliphatic heterocycles. The molecule has 2 N–H and O–H groups in total. The number of nitrogens with one attached hydrogen (secondary N) is 1. The zero-order valence-corrected chi connectivity index (χ0v) is 21.9. The number of carboxylic acids is 1. The minimum atomic E-state index is -1.01. The van der Waals surface area contributed by atoms with E-state index in [0.717, 1.165) is 49.8 Å². The van der Waals surface area contributed by atoms with Crippen LogP contribution in [0.1, 0.15) is 50.1 Å². The molecular formula is C30H28ClF2N3O3. The van der Waals surface area contributed by atoms with Crippen molar-refractivity contribution in [2.45, 2.75) is 51.0 Å². The molecule has 1 heterocycles. The van der Waals surface area contributed by atoms with Gasteiger partial charge in [-0.25, -0.2) is 13.8 Å². The lowest BCUT2D eigenvalue weighted by Gasteiger charge is -2.32. The van der Waals surface area contributed by atoms with Crippen LogP contribution in [0.15, 0.2) is 60.7 Å². The number of carboxylic acid groups (broad SMARTS) is 1. The number of carbonyl (C=O) groups is 2. The first-order chi connectivity index (χ1) is 18.8. The fourth-order valence-corrected chi connectivity index (χ4v) is 5.51. The van der Waals surface area contributed by atoms with Gasteiger partial charge in [-0.3, -0.25) is 9.59 Å². The van der Waals surface area contributed by atoms with E-state index in [-0.39, 0.29) is 23.8 Å². The summed E-state index contributed by atoms with van der Waals surface area (Å²) in [6.45, 7) is 0. The molecule has 3 aromatic carbocycles. The number of aliphatic carboxylic acids is 1. The lowest BCUT2D eigenvalue weighted by molar-refractivity contribution is -0.137. The van der Waals surface area contributed by atoms with Gasteiger partial charge in [0.25, 0.3) is 0 Å². The SMILES string of the molecule is O=C(O)CCc1ccc(NC(=O)C(C2CCCCC2)n2c(-c3ccc(Cl)cc3)nc3cc(F)c(F)cc32)cc1. The largest absolute Gasteiger partial charge is 0.481 e. The predicted molar refractivity (Wildman–Crippen MR) is 147 cm³/mol. The summed E-state index contributed by atoms with van der Waals surface area (Å²) in [6, 6.07) is 15.5. The van der Waals surface area contributed by atoms with Crippen molar-refractivity contribution in [1.29, 1.82) is 0 Å². The smallest absolute Gasteiger partial charge is 0.303 e. The van der Waals surface area contributed by atoms with Gasteiger partial charge in [0, 0.05) is 34.8 Å². The summed E-state index contributed by atoms with van der Waals surface area (Å²) in [5.41, 5.74) is 2.69. The first-order valence-corrected chi connectivity index (χ1v) is 13.4. The molecule has 0 radical (unpaired) electrons. The van der Waals surface area contributed by atoms with E-state index in [2.05, 4.69) is 10.3 Å². The highest BCUT2D eigenvalue weighted by molar-refractivity contribution is 6.30. The molecule has 1 aliphatic rings. The Hall–Kier alpha value is -3.78. The second kappa shape index (κ2) is 11.5. The molecule has 0 bridgehead atoms. The van der Waals surface area contributed by atoms with Crippen molar-refractivity contribution in [1.82, 2.24) is 9.55 Å². The molecule has 1 fully saturated rings. The fourth-order valence-electron chi connectivity index (χ4n) is 5.39. The van der Waals surface area contributed by atoms with Crippen molar-refractivity contribution in [2.24, 2.45) is 5.92 Å². The Balaban J connectivity index is 1.58. The van der Waals surface area contributed by atoms with E-state index in [9.17, 15) is 18.4 Å². The van der Waals surface area contributed by atoms with E-state index in [0.29, 0.717) is 34.0 Å². The average Bonchev–Trinajstić information content (AvgIpc) is 3.27. The maximum Gasteiger partial charge on any atom is 0.303 e. The summed E-state index contributed by atoms with van der Waals surface area (Å²) >= 11 is 6.11. The number of benzene rings is 3. The van der Waals surface area contributed by atoms with Crippen LogP contribution in [-0.2, 0) is 16.0 Å². The molecule has 1 unspecified atom stereocenters. The molecule has 39 heavy (non-hydrogen) atoms. The Kier molecular flexibility index (Phi) is 7.93. The number of imidazole rings is 1. The highest BCUT2D eigenvalue weighted by Gasteiger charge is 2.35. The van der Waals surface area contributed by atoms with Gasteiger partial charge in [-0.1, -0.05) is 43.0 Å². The van der Waals surface area contributed by atoms with Gasteiger partial charge < -0.3 is 15.0 Å². The number of rotatable bonds is 8. The van der Waals surface area contributed by atoms with Crippen molar-refractivity contribution in [3.8, 4) is 11.4 Å². The van der Waals surface area contributed by atoms with Crippen LogP contribution in [0, 0.1) is 17.6 Å². The Morgan fingerprint density at radius 1 is 1.00 bits per heavy atom. The van der Waals surface area contributed by atoms with E-state index in [1.807, 2.05) is 0 Å². The minimum Gasteiger partial charge on any atom is -0.481 e. The molecule has 1 atom stereocenters. The van der Waals surface area contributed by atoms with Crippen LogP contribution in [0.25, 0.3) is 22.4 Å². The number of aromatic nitrogens is 2. The van der Waals surface area contributed by atoms with E-state index in [1.165, 1.54) is 0 Å². The lowest BCUT2D eigenvalue weighted by Crippen LogP contribution is -2.33. The van der Waals surface area contributed by atoms with Gasteiger partial charge in [0.05, 0.1) is 11.0 Å². The zero-order chi connectivity index (χ0) is 27.5. The standard InChI is InChI=1S/C30H28ClF2N3O3/c31-21-11-9-20(10-12-21)29-35-25-16-23(32)24(33)17-26(25)36(29)28(19-4-2-1-3-5-19)30(39)34-22-13-6-18(7-14-22)8-15-27(37)38/h6-7,9-14,16-17,19,28H,1-5,8,15H2,(H,34,39)(H,37,38). The van der Waals surface area contributed by atoms with Gasteiger partial charge in [0.2, 0.25) is 5.91 Å². The predicted octanol–water partition coefficient (Wildman–Crippen LogP) is 7.41. The number of halogens is 3. The first-order valence-electron chi connectivity index (χ1n) is 13.0. The van der Waals surface area contributed by atoms with Crippen LogP contribution < -0.4 is 5.32 Å². The van der Waals surface area contributed by atoms with Gasteiger partial charge in [0.15, 0.2) is 11.6 Å². The molecule has 6 nitrogen and oxygen atoms in total. The summed E-state index contributed by atoms with van der Waals surface area (Å²) in [5, 5.41) is 12.5. The molecule has 1 saturated carbocycles.